The van der Waals surface area contributed by atoms with Crippen molar-refractivity contribution < 1.29 is 37.7 Å². The molecule has 5 nitrogen and oxygen atoms in total. The first-order valence-electron chi connectivity index (χ1n) is 8.17. The van der Waals surface area contributed by atoms with Gasteiger partial charge in [0.15, 0.2) is 0 Å². The summed E-state index contributed by atoms with van der Waals surface area (Å²) in [6, 6.07) is 4.39. The molecule has 0 amide bonds. The normalized spacial score (nSPS) is 24.6. The van der Waals surface area contributed by atoms with Crippen LogP contribution in [-0.2, 0) is 15.7 Å². The Balaban J connectivity index is 1.84. The van der Waals surface area contributed by atoms with E-state index in [2.05, 4.69) is 0 Å². The van der Waals surface area contributed by atoms with Gasteiger partial charge in [-0.05, 0) is 24.6 Å². The first kappa shape index (κ1) is 20.3. The number of hydrogen-bond acceptors (Lipinski definition) is 5. The minimum Gasteiger partial charge on any atom is -0.491 e. The quantitative estimate of drug-likeness (QED) is 0.592. The van der Waals surface area contributed by atoms with Gasteiger partial charge in [0.05, 0.1) is 11.7 Å². The van der Waals surface area contributed by atoms with Crippen molar-refractivity contribution in [2.45, 2.75) is 44.3 Å². The molecular weight excluding hydrogens is 353 g/mol. The van der Waals surface area contributed by atoms with Crippen molar-refractivity contribution in [3.05, 3.63) is 42.0 Å². The lowest BCUT2D eigenvalue weighted by molar-refractivity contribution is -0.146. The van der Waals surface area contributed by atoms with E-state index in [1.807, 2.05) is 0 Å². The van der Waals surface area contributed by atoms with E-state index < -0.39 is 29.9 Å². The zero-order valence-electron chi connectivity index (χ0n) is 14.1. The van der Waals surface area contributed by atoms with Gasteiger partial charge in [-0.25, -0.2) is 0 Å². The lowest BCUT2D eigenvalue weighted by atomic mass is 10.0. The first-order chi connectivity index (χ1) is 12.1. The highest BCUT2D eigenvalue weighted by Gasteiger charge is 2.33. The Hall–Kier alpha value is -2.06. The number of alkyl halides is 3. The van der Waals surface area contributed by atoms with Crippen molar-refractivity contribution in [3.63, 3.8) is 0 Å². The largest absolute Gasteiger partial charge is 0.491 e. The summed E-state index contributed by atoms with van der Waals surface area (Å²) in [5.41, 5.74) is -0.828. The minimum absolute atomic E-state index is 0.00287. The maximum Gasteiger partial charge on any atom is 0.416 e. The summed E-state index contributed by atoms with van der Waals surface area (Å²) < 4.78 is 48.1. The highest BCUT2D eigenvalue weighted by molar-refractivity contribution is 5.66. The number of carbonyl (C=O) groups excluding carboxylic acids is 1. The van der Waals surface area contributed by atoms with E-state index in [-0.39, 0.29) is 24.4 Å². The number of aliphatic hydroxyl groups is 2. The molecule has 2 N–H and O–H groups in total. The van der Waals surface area contributed by atoms with Crippen molar-refractivity contribution >= 4 is 5.97 Å². The van der Waals surface area contributed by atoms with Gasteiger partial charge in [-0.15, -0.1) is 0 Å². The van der Waals surface area contributed by atoms with E-state index in [1.54, 1.807) is 6.08 Å². The summed E-state index contributed by atoms with van der Waals surface area (Å²) in [4.78, 5) is 10.9. The molecule has 1 saturated carbocycles. The number of esters is 1. The molecular formula is C18H21F3O5. The van der Waals surface area contributed by atoms with Crippen LogP contribution in [0.15, 0.2) is 36.4 Å². The third-order valence-corrected chi connectivity index (χ3v) is 4.03. The van der Waals surface area contributed by atoms with Crippen LogP contribution in [0.5, 0.6) is 5.75 Å². The van der Waals surface area contributed by atoms with Gasteiger partial charge in [0.1, 0.15) is 24.6 Å². The zero-order chi connectivity index (χ0) is 19.3. The van der Waals surface area contributed by atoms with Gasteiger partial charge in [-0.1, -0.05) is 18.2 Å². The van der Waals surface area contributed by atoms with Crippen LogP contribution in [0.4, 0.5) is 13.2 Å². The molecule has 0 aromatic heterocycles. The van der Waals surface area contributed by atoms with Crippen LogP contribution in [0.3, 0.4) is 0 Å². The number of benzene rings is 1. The maximum absolute atomic E-state index is 12.6. The van der Waals surface area contributed by atoms with Crippen LogP contribution in [0.25, 0.3) is 0 Å². The van der Waals surface area contributed by atoms with Gasteiger partial charge in [0.2, 0.25) is 0 Å². The Morgan fingerprint density at radius 3 is 2.77 bits per heavy atom. The van der Waals surface area contributed by atoms with E-state index in [0.717, 1.165) is 12.1 Å². The fourth-order valence-electron chi connectivity index (χ4n) is 2.81. The lowest BCUT2D eigenvalue weighted by Gasteiger charge is -2.13. The Kier molecular flexibility index (Phi) is 6.66. The topological polar surface area (TPSA) is 76.0 Å². The molecule has 4 atom stereocenters. The SMILES string of the molecule is CC(=O)O[C@@H]1CC(/C=C/C(O)COc2cccc(C(F)(F)F)c2)[C@H](O)C1. The van der Waals surface area contributed by atoms with Crippen LogP contribution in [-0.4, -0.2) is 41.1 Å². The van der Waals surface area contributed by atoms with Gasteiger partial charge in [0, 0.05) is 19.3 Å². The third-order valence-electron chi connectivity index (χ3n) is 4.03. The molecule has 0 spiro atoms. The molecule has 0 heterocycles. The predicted molar refractivity (Wildman–Crippen MR) is 86.4 cm³/mol. The van der Waals surface area contributed by atoms with Crippen molar-refractivity contribution in [1.29, 1.82) is 0 Å². The highest BCUT2D eigenvalue weighted by Crippen LogP contribution is 2.31. The van der Waals surface area contributed by atoms with E-state index >= 15 is 0 Å². The molecule has 8 heteroatoms. The maximum atomic E-state index is 12.6. The highest BCUT2D eigenvalue weighted by atomic mass is 19.4. The lowest BCUT2D eigenvalue weighted by Crippen LogP contribution is -2.17. The Labute approximate surface area is 149 Å². The second kappa shape index (κ2) is 8.55. The van der Waals surface area contributed by atoms with Crippen molar-refractivity contribution in [2.24, 2.45) is 5.92 Å². The standard InChI is InChI=1S/C18H21F3O5/c1-11(22)26-16-7-12(17(24)9-16)5-6-14(23)10-25-15-4-2-3-13(8-15)18(19,20)21/h2-6,8,12,14,16-17,23-24H,7,9-10H2,1H3/b6-5+/t12?,14?,16-,17-/m1/s1. The number of hydrogen-bond donors (Lipinski definition) is 2. The number of rotatable bonds is 6. The molecule has 0 radical (unpaired) electrons. The van der Waals surface area contributed by atoms with Crippen molar-refractivity contribution in [3.8, 4) is 5.75 Å². The van der Waals surface area contributed by atoms with Crippen LogP contribution < -0.4 is 4.74 Å². The summed E-state index contributed by atoms with van der Waals surface area (Å²) in [7, 11) is 0. The van der Waals surface area contributed by atoms with Crippen LogP contribution in [0, 0.1) is 5.92 Å². The van der Waals surface area contributed by atoms with Gasteiger partial charge in [-0.3, -0.25) is 4.79 Å². The summed E-state index contributed by atoms with van der Waals surface area (Å²) in [5, 5.41) is 19.8. The fourth-order valence-corrected chi connectivity index (χ4v) is 2.81. The van der Waals surface area contributed by atoms with E-state index in [4.69, 9.17) is 9.47 Å². The molecule has 0 bridgehead atoms. The average Bonchev–Trinajstić information content (AvgIpc) is 2.89. The smallest absolute Gasteiger partial charge is 0.416 e. The van der Waals surface area contributed by atoms with Gasteiger partial charge < -0.3 is 19.7 Å². The summed E-state index contributed by atoms with van der Waals surface area (Å²) in [5.74, 6) is -0.688. The van der Waals surface area contributed by atoms with Gasteiger partial charge >= 0.3 is 12.1 Å². The molecule has 1 aliphatic rings. The first-order valence-corrected chi connectivity index (χ1v) is 8.17. The van der Waals surface area contributed by atoms with Gasteiger partial charge in [0.25, 0.3) is 0 Å². The van der Waals surface area contributed by atoms with E-state index in [0.29, 0.717) is 12.8 Å². The molecule has 144 valence electrons. The predicted octanol–water partition coefficient (Wildman–Crippen LogP) is 2.70. The number of halogens is 3. The summed E-state index contributed by atoms with van der Waals surface area (Å²) >= 11 is 0. The van der Waals surface area contributed by atoms with E-state index in [1.165, 1.54) is 25.1 Å². The third kappa shape index (κ3) is 6.03. The Bertz CT molecular complexity index is 644. The summed E-state index contributed by atoms with van der Waals surface area (Å²) in [6.07, 6.45) is -2.78. The second-order valence-corrected chi connectivity index (χ2v) is 6.22. The summed E-state index contributed by atoms with van der Waals surface area (Å²) in [6.45, 7) is 1.07. The minimum atomic E-state index is -4.46. The second-order valence-electron chi connectivity index (χ2n) is 6.22. The average molecular weight is 374 g/mol. The number of ether oxygens (including phenoxy) is 2. The molecule has 26 heavy (non-hydrogen) atoms. The molecule has 0 aliphatic heterocycles. The number of carbonyl (C=O) groups is 1. The molecule has 0 saturated heterocycles. The Morgan fingerprint density at radius 2 is 2.12 bits per heavy atom. The van der Waals surface area contributed by atoms with Crippen LogP contribution in [0.1, 0.15) is 25.3 Å². The molecule has 1 aliphatic carbocycles. The molecule has 1 aromatic carbocycles. The molecule has 1 fully saturated rings. The number of aliphatic hydroxyl groups excluding tert-OH is 2. The van der Waals surface area contributed by atoms with Crippen molar-refractivity contribution in [2.75, 3.05) is 6.61 Å². The fraction of sp³-hybridized carbons (Fsp3) is 0.500. The molecule has 2 rings (SSSR count). The molecule has 2 unspecified atom stereocenters. The monoisotopic (exact) mass is 374 g/mol. The van der Waals surface area contributed by atoms with Gasteiger partial charge in [-0.2, -0.15) is 13.2 Å². The van der Waals surface area contributed by atoms with E-state index in [9.17, 15) is 28.2 Å². The van der Waals surface area contributed by atoms with Crippen LogP contribution >= 0.6 is 0 Å². The van der Waals surface area contributed by atoms with Crippen LogP contribution in [0.2, 0.25) is 0 Å². The molecule has 1 aromatic rings. The Morgan fingerprint density at radius 1 is 1.38 bits per heavy atom. The zero-order valence-corrected chi connectivity index (χ0v) is 14.1. The van der Waals surface area contributed by atoms with Crippen molar-refractivity contribution in [1.82, 2.24) is 0 Å².